The maximum atomic E-state index is 12.0. The summed E-state index contributed by atoms with van der Waals surface area (Å²) in [4.78, 5) is 0.224. The smallest absolute Gasteiger partial charge is 0.180 e. The normalized spacial score (nSPS) is 12.8. The Morgan fingerprint density at radius 3 is 2.20 bits per heavy atom. The first-order valence-electron chi connectivity index (χ1n) is 4.70. The summed E-state index contributed by atoms with van der Waals surface area (Å²) in [5, 5.41) is 0.293. The van der Waals surface area contributed by atoms with Gasteiger partial charge in [-0.2, -0.15) is 0 Å². The molecule has 1 rings (SSSR count). The first-order valence-corrected chi connectivity index (χ1v) is 6.73. The van der Waals surface area contributed by atoms with Gasteiger partial charge in [0.2, 0.25) is 0 Å². The van der Waals surface area contributed by atoms with E-state index in [0.717, 1.165) is 0 Å². The highest BCUT2D eigenvalue weighted by atomic mass is 35.5. The molecule has 84 valence electrons. The zero-order valence-corrected chi connectivity index (χ0v) is 10.7. The van der Waals surface area contributed by atoms with Crippen LogP contribution in [0.4, 0.5) is 0 Å². The van der Waals surface area contributed by atoms with Crippen molar-refractivity contribution in [2.45, 2.75) is 25.7 Å². The lowest BCUT2D eigenvalue weighted by molar-refractivity contribution is 0.462. The molecule has 0 saturated heterocycles. The van der Waals surface area contributed by atoms with E-state index in [9.17, 15) is 8.42 Å². The summed E-state index contributed by atoms with van der Waals surface area (Å²) >= 11 is 5.86. The van der Waals surface area contributed by atoms with Gasteiger partial charge in [0.05, 0.1) is 15.7 Å². The van der Waals surface area contributed by atoms with Crippen molar-refractivity contribution in [1.29, 1.82) is 0 Å². The maximum Gasteiger partial charge on any atom is 0.180 e. The van der Waals surface area contributed by atoms with E-state index < -0.39 is 9.84 Å². The van der Waals surface area contributed by atoms with E-state index in [1.807, 2.05) is 20.8 Å². The quantitative estimate of drug-likeness (QED) is 0.803. The van der Waals surface area contributed by atoms with Gasteiger partial charge in [-0.15, -0.1) is 0 Å². The summed E-state index contributed by atoms with van der Waals surface area (Å²) in [5.74, 6) is 0.101. The Morgan fingerprint density at radius 2 is 1.73 bits per heavy atom. The minimum atomic E-state index is -3.28. The third kappa shape index (κ3) is 3.50. The first-order chi connectivity index (χ1) is 6.72. The van der Waals surface area contributed by atoms with Crippen molar-refractivity contribution in [3.8, 4) is 0 Å². The molecular formula is C11H15ClO2S. The highest BCUT2D eigenvalue weighted by molar-refractivity contribution is 7.91. The molecular weight excluding hydrogens is 232 g/mol. The summed E-state index contributed by atoms with van der Waals surface area (Å²) in [6.07, 6.45) is 0. The second kappa shape index (κ2) is 4.14. The molecule has 0 aliphatic rings. The Balaban J connectivity index is 3.13. The molecule has 0 aromatic heterocycles. The van der Waals surface area contributed by atoms with Crippen molar-refractivity contribution in [2.24, 2.45) is 5.41 Å². The van der Waals surface area contributed by atoms with Crippen LogP contribution in [0.3, 0.4) is 0 Å². The van der Waals surface area contributed by atoms with Crippen molar-refractivity contribution in [3.63, 3.8) is 0 Å². The average molecular weight is 247 g/mol. The molecule has 15 heavy (non-hydrogen) atoms. The SMILES string of the molecule is CC(C)(C)CS(=O)(=O)c1ccccc1Cl. The molecule has 1 aromatic carbocycles. The van der Waals surface area contributed by atoms with Crippen molar-refractivity contribution in [1.82, 2.24) is 0 Å². The van der Waals surface area contributed by atoms with E-state index in [1.54, 1.807) is 24.3 Å². The molecule has 0 saturated carbocycles. The molecule has 0 heterocycles. The summed E-state index contributed by atoms with van der Waals surface area (Å²) in [6.45, 7) is 5.67. The van der Waals surface area contributed by atoms with Crippen LogP contribution in [0.1, 0.15) is 20.8 Å². The van der Waals surface area contributed by atoms with Gasteiger partial charge >= 0.3 is 0 Å². The molecule has 0 radical (unpaired) electrons. The van der Waals surface area contributed by atoms with Crippen LogP contribution in [0.15, 0.2) is 29.2 Å². The Morgan fingerprint density at radius 1 is 1.20 bits per heavy atom. The number of hydrogen-bond acceptors (Lipinski definition) is 2. The van der Waals surface area contributed by atoms with Crippen LogP contribution in [0, 0.1) is 5.41 Å². The number of hydrogen-bond donors (Lipinski definition) is 0. The fraction of sp³-hybridized carbons (Fsp3) is 0.455. The lowest BCUT2D eigenvalue weighted by Crippen LogP contribution is -2.21. The average Bonchev–Trinajstić information content (AvgIpc) is 1.99. The zero-order valence-electron chi connectivity index (χ0n) is 9.12. The predicted octanol–water partition coefficient (Wildman–Crippen LogP) is 3.16. The molecule has 0 aliphatic heterocycles. The molecule has 0 unspecified atom stereocenters. The highest BCUT2D eigenvalue weighted by Gasteiger charge is 2.24. The molecule has 4 heteroatoms. The maximum absolute atomic E-state index is 12.0. The van der Waals surface area contributed by atoms with Gasteiger partial charge in [0.25, 0.3) is 0 Å². The molecule has 0 aliphatic carbocycles. The monoisotopic (exact) mass is 246 g/mol. The largest absolute Gasteiger partial charge is 0.224 e. The highest BCUT2D eigenvalue weighted by Crippen LogP contribution is 2.26. The van der Waals surface area contributed by atoms with Crippen LogP contribution in [0.5, 0.6) is 0 Å². The van der Waals surface area contributed by atoms with E-state index in [-0.39, 0.29) is 16.1 Å². The third-order valence-electron chi connectivity index (χ3n) is 1.79. The number of halogens is 1. The molecule has 0 N–H and O–H groups in total. The van der Waals surface area contributed by atoms with Crippen LogP contribution >= 0.6 is 11.6 Å². The Bertz CT molecular complexity index is 444. The summed E-state index contributed by atoms with van der Waals surface area (Å²) < 4.78 is 24.0. The number of benzene rings is 1. The van der Waals surface area contributed by atoms with Crippen molar-refractivity contribution < 1.29 is 8.42 Å². The number of sulfone groups is 1. The summed E-state index contributed by atoms with van der Waals surface area (Å²) in [5.41, 5.74) is -0.266. The van der Waals surface area contributed by atoms with Crippen LogP contribution in [-0.2, 0) is 9.84 Å². The van der Waals surface area contributed by atoms with Gasteiger partial charge < -0.3 is 0 Å². The minimum Gasteiger partial charge on any atom is -0.224 e. The Kier molecular flexibility index (Phi) is 3.46. The van der Waals surface area contributed by atoms with Gasteiger partial charge in [-0.05, 0) is 17.5 Å². The molecule has 0 fully saturated rings. The molecule has 0 spiro atoms. The molecule has 0 atom stereocenters. The van der Waals surface area contributed by atoms with Gasteiger partial charge in [-0.1, -0.05) is 44.5 Å². The van der Waals surface area contributed by atoms with Crippen LogP contribution in [0.2, 0.25) is 5.02 Å². The van der Waals surface area contributed by atoms with Crippen molar-refractivity contribution >= 4 is 21.4 Å². The van der Waals surface area contributed by atoms with Crippen LogP contribution < -0.4 is 0 Å². The standard InChI is InChI=1S/C11H15ClO2S/c1-11(2,3)8-15(13,14)10-7-5-4-6-9(10)12/h4-7H,8H2,1-3H3. The van der Waals surface area contributed by atoms with E-state index in [4.69, 9.17) is 11.6 Å². The Labute approximate surface area is 96.2 Å². The second-order valence-electron chi connectivity index (χ2n) is 4.75. The topological polar surface area (TPSA) is 34.1 Å². The third-order valence-corrected chi connectivity index (χ3v) is 4.51. The van der Waals surface area contributed by atoms with Gasteiger partial charge in [0, 0.05) is 0 Å². The molecule has 0 amide bonds. The van der Waals surface area contributed by atoms with Crippen molar-refractivity contribution in [3.05, 3.63) is 29.3 Å². The zero-order chi connectivity index (χ0) is 11.7. The lowest BCUT2D eigenvalue weighted by Gasteiger charge is -2.18. The molecule has 2 nitrogen and oxygen atoms in total. The fourth-order valence-corrected chi connectivity index (χ4v) is 3.78. The fourth-order valence-electron chi connectivity index (χ4n) is 1.34. The number of rotatable bonds is 2. The van der Waals surface area contributed by atoms with E-state index in [1.165, 1.54) is 0 Å². The van der Waals surface area contributed by atoms with Gasteiger partial charge in [-0.25, -0.2) is 8.42 Å². The van der Waals surface area contributed by atoms with Crippen LogP contribution in [0.25, 0.3) is 0 Å². The summed E-state index contributed by atoms with van der Waals surface area (Å²) in [6, 6.07) is 6.54. The second-order valence-corrected chi connectivity index (χ2v) is 7.12. The van der Waals surface area contributed by atoms with Crippen molar-refractivity contribution in [2.75, 3.05) is 5.75 Å². The first kappa shape index (κ1) is 12.5. The van der Waals surface area contributed by atoms with Gasteiger partial charge in [0.15, 0.2) is 9.84 Å². The van der Waals surface area contributed by atoms with Crippen LogP contribution in [-0.4, -0.2) is 14.2 Å². The summed E-state index contributed by atoms with van der Waals surface area (Å²) in [7, 11) is -3.28. The molecule has 0 bridgehead atoms. The van der Waals surface area contributed by atoms with Gasteiger partial charge in [0.1, 0.15) is 0 Å². The lowest BCUT2D eigenvalue weighted by atomic mass is 10.0. The molecule has 1 aromatic rings. The van der Waals surface area contributed by atoms with E-state index >= 15 is 0 Å². The van der Waals surface area contributed by atoms with E-state index in [2.05, 4.69) is 0 Å². The van der Waals surface area contributed by atoms with Gasteiger partial charge in [-0.3, -0.25) is 0 Å². The Hall–Kier alpha value is -0.540. The minimum absolute atomic E-state index is 0.101. The predicted molar refractivity (Wildman–Crippen MR) is 63.0 cm³/mol. The van der Waals surface area contributed by atoms with E-state index in [0.29, 0.717) is 5.02 Å².